The third-order valence-electron chi connectivity index (χ3n) is 2.97. The molecule has 3 N–H and O–H groups in total. The molecule has 0 spiro atoms. The Bertz CT molecular complexity index is 656. The number of nitrogens with two attached hydrogens (primary N) is 1. The van der Waals surface area contributed by atoms with Gasteiger partial charge in [0.2, 0.25) is 5.91 Å². The zero-order valence-corrected chi connectivity index (χ0v) is 19.1. The first-order valence-corrected chi connectivity index (χ1v) is 11.4. The molecular weight excluding hydrogens is 416 g/mol. The monoisotopic (exact) mass is 452 g/mol. The van der Waals surface area contributed by atoms with Crippen molar-refractivity contribution in [2.24, 2.45) is 5.73 Å². The first kappa shape index (κ1) is 30.2. The van der Waals surface area contributed by atoms with Crippen LogP contribution >= 0.6 is 23.5 Å². The summed E-state index contributed by atoms with van der Waals surface area (Å²) in [6.45, 7) is 6.67. The summed E-state index contributed by atoms with van der Waals surface area (Å²) in [5.41, 5.74) is 5.36. The molecule has 0 saturated heterocycles. The van der Waals surface area contributed by atoms with Gasteiger partial charge in [-0.25, -0.2) is 0 Å². The molecule has 2 aromatic carbocycles. The van der Waals surface area contributed by atoms with Crippen molar-refractivity contribution >= 4 is 35.4 Å². The molecule has 168 valence electrons. The van der Waals surface area contributed by atoms with Crippen LogP contribution in [0.1, 0.15) is 28.2 Å². The lowest BCUT2D eigenvalue weighted by Gasteiger charge is -2.01. The molecule has 0 atom stereocenters. The molecule has 2 aromatic rings. The smallest absolute Gasteiger partial charge is 0.302 e. The Morgan fingerprint density at radius 1 is 0.900 bits per heavy atom. The summed E-state index contributed by atoms with van der Waals surface area (Å²) in [6.07, 6.45) is 0. The molecule has 2 rings (SSSR count). The van der Waals surface area contributed by atoms with Crippen LogP contribution in [-0.4, -0.2) is 43.1 Å². The second-order valence-electron chi connectivity index (χ2n) is 5.52. The third kappa shape index (κ3) is 20.8. The van der Waals surface area contributed by atoms with Crippen LogP contribution in [0.4, 0.5) is 0 Å². The lowest BCUT2D eigenvalue weighted by Crippen LogP contribution is -2.22. The molecule has 0 aliphatic carbocycles. The number of carbonyl (C=O) groups is 2. The highest BCUT2D eigenvalue weighted by atomic mass is 32.2. The van der Waals surface area contributed by atoms with Crippen LogP contribution in [0, 0.1) is 0 Å². The maximum absolute atomic E-state index is 10.5. The predicted octanol–water partition coefficient (Wildman–Crippen LogP) is 4.86. The van der Waals surface area contributed by atoms with Gasteiger partial charge in [-0.3, -0.25) is 9.59 Å². The zero-order chi connectivity index (χ0) is 21.7. The van der Waals surface area contributed by atoms with Crippen molar-refractivity contribution < 1.29 is 14.3 Å². The van der Waals surface area contributed by atoms with Gasteiger partial charge in [0.15, 0.2) is 0 Å². The average Bonchev–Trinajstić information content (AvgIpc) is 2.72. The molecular formula is C23H36N2O3S2. The van der Waals surface area contributed by atoms with Crippen LogP contribution < -0.4 is 11.1 Å². The van der Waals surface area contributed by atoms with E-state index in [4.69, 9.17) is 5.73 Å². The largest absolute Gasteiger partial charge is 0.466 e. The fourth-order valence-electron chi connectivity index (χ4n) is 1.81. The Morgan fingerprint density at radius 3 is 1.70 bits per heavy atom. The molecule has 0 fully saturated rings. The molecule has 1 amide bonds. The number of esters is 1. The zero-order valence-electron chi connectivity index (χ0n) is 17.4. The first-order valence-electron chi connectivity index (χ1n) is 9.43. The van der Waals surface area contributed by atoms with E-state index in [9.17, 15) is 9.59 Å². The molecule has 0 saturated carbocycles. The second kappa shape index (κ2) is 21.7. The summed E-state index contributed by atoms with van der Waals surface area (Å²) in [6, 6.07) is 20.5. The molecule has 0 aromatic heterocycles. The van der Waals surface area contributed by atoms with Crippen molar-refractivity contribution in [3.63, 3.8) is 0 Å². The van der Waals surface area contributed by atoms with E-state index in [1.54, 1.807) is 30.4 Å². The molecule has 0 aliphatic heterocycles. The van der Waals surface area contributed by atoms with Gasteiger partial charge in [0.05, 0.1) is 6.61 Å². The second-order valence-corrected chi connectivity index (χ2v) is 7.86. The third-order valence-corrected chi connectivity index (χ3v) is 5.02. The van der Waals surface area contributed by atoms with E-state index >= 15 is 0 Å². The van der Waals surface area contributed by atoms with Gasteiger partial charge in [-0.15, -0.1) is 23.5 Å². The minimum Gasteiger partial charge on any atom is -0.466 e. The Labute approximate surface area is 190 Å². The van der Waals surface area contributed by atoms with E-state index < -0.39 is 0 Å². The lowest BCUT2D eigenvalue weighted by atomic mass is 10.4. The van der Waals surface area contributed by atoms with Gasteiger partial charge in [-0.2, -0.15) is 0 Å². The highest BCUT2D eigenvalue weighted by Crippen LogP contribution is 2.16. The molecule has 0 unspecified atom stereocenters. The normalized spacial score (nSPS) is 8.93. The van der Waals surface area contributed by atoms with Crippen LogP contribution in [0.5, 0.6) is 0 Å². The number of carbonyl (C=O) groups excluding carboxylic acids is 2. The summed E-state index contributed by atoms with van der Waals surface area (Å²) in [4.78, 5) is 22.9. The van der Waals surface area contributed by atoms with Crippen LogP contribution in [0.15, 0.2) is 70.5 Å². The van der Waals surface area contributed by atoms with Crippen molar-refractivity contribution in [1.29, 1.82) is 0 Å². The maximum Gasteiger partial charge on any atom is 0.302 e. The molecule has 0 aliphatic rings. The summed E-state index contributed by atoms with van der Waals surface area (Å²) in [5.74, 6) is 1.75. The van der Waals surface area contributed by atoms with Crippen LogP contribution in [0.2, 0.25) is 0 Å². The van der Waals surface area contributed by atoms with Gasteiger partial charge in [-0.1, -0.05) is 43.8 Å². The molecule has 30 heavy (non-hydrogen) atoms. The van der Waals surface area contributed by atoms with Crippen molar-refractivity contribution in [1.82, 2.24) is 5.32 Å². The molecule has 0 radical (unpaired) electrons. The summed E-state index contributed by atoms with van der Waals surface area (Å²) in [7, 11) is 0. The minimum absolute atomic E-state index is 0. The van der Waals surface area contributed by atoms with E-state index in [0.717, 1.165) is 24.6 Å². The van der Waals surface area contributed by atoms with Crippen molar-refractivity contribution in [3.05, 3.63) is 60.7 Å². The maximum atomic E-state index is 10.5. The quantitative estimate of drug-likeness (QED) is 0.338. The standard InChI is InChI=1S/C10H13NOS.C8H11NS.C4H8O2.CH4/c1-9(12)11-7-8-13-10-5-3-2-4-6-10;9-6-7-10-8-4-2-1-3-5-8;1-3-6-4(2)5;/h2-6H,7-8H2,1H3,(H,11,12);1-5H,6-7,9H2;3H2,1-2H3;1H4. The van der Waals surface area contributed by atoms with Crippen LogP contribution in [0.25, 0.3) is 0 Å². The molecule has 7 heteroatoms. The number of amides is 1. The molecule has 0 heterocycles. The number of ether oxygens (including phenoxy) is 1. The Hall–Kier alpha value is -1.96. The van der Waals surface area contributed by atoms with E-state index in [1.807, 2.05) is 36.4 Å². The van der Waals surface area contributed by atoms with Crippen LogP contribution in [-0.2, 0) is 14.3 Å². The predicted molar refractivity (Wildman–Crippen MR) is 131 cm³/mol. The van der Waals surface area contributed by atoms with E-state index in [1.165, 1.54) is 23.6 Å². The van der Waals surface area contributed by atoms with Gasteiger partial charge >= 0.3 is 5.97 Å². The Kier molecular flexibility index (Phi) is 21.9. The number of rotatable bonds is 8. The number of thioether (sulfide) groups is 2. The van der Waals surface area contributed by atoms with Gasteiger partial charge < -0.3 is 15.8 Å². The minimum atomic E-state index is -0.211. The van der Waals surface area contributed by atoms with Crippen molar-refractivity contribution in [3.8, 4) is 0 Å². The number of nitrogens with one attached hydrogen (secondary N) is 1. The van der Waals surface area contributed by atoms with Gasteiger partial charge in [0.1, 0.15) is 0 Å². The topological polar surface area (TPSA) is 81.4 Å². The van der Waals surface area contributed by atoms with Gasteiger partial charge in [0, 0.05) is 48.2 Å². The highest BCUT2D eigenvalue weighted by molar-refractivity contribution is 7.99. The van der Waals surface area contributed by atoms with Crippen LogP contribution in [0.3, 0.4) is 0 Å². The van der Waals surface area contributed by atoms with Crippen molar-refractivity contribution in [2.75, 3.05) is 31.2 Å². The number of benzene rings is 2. The SMILES string of the molecule is C.CC(=O)NCCSc1ccccc1.CCOC(C)=O.NCCSc1ccccc1. The fraction of sp³-hybridized carbons (Fsp3) is 0.391. The Balaban J connectivity index is 0. The Morgan fingerprint density at radius 2 is 1.37 bits per heavy atom. The number of hydrogen-bond acceptors (Lipinski definition) is 6. The van der Waals surface area contributed by atoms with Gasteiger partial charge in [0.25, 0.3) is 0 Å². The summed E-state index contributed by atoms with van der Waals surface area (Å²) >= 11 is 3.54. The lowest BCUT2D eigenvalue weighted by molar-refractivity contribution is -0.140. The van der Waals surface area contributed by atoms with E-state index in [0.29, 0.717) is 6.61 Å². The van der Waals surface area contributed by atoms with E-state index in [2.05, 4.69) is 34.3 Å². The number of hydrogen-bond donors (Lipinski definition) is 2. The fourth-order valence-corrected chi connectivity index (χ4v) is 3.30. The van der Waals surface area contributed by atoms with Gasteiger partial charge in [-0.05, 0) is 31.2 Å². The molecule has 0 bridgehead atoms. The summed E-state index contributed by atoms with van der Waals surface area (Å²) < 4.78 is 4.40. The molecule has 5 nitrogen and oxygen atoms in total. The average molecular weight is 453 g/mol. The first-order chi connectivity index (χ1) is 14.0. The highest BCUT2D eigenvalue weighted by Gasteiger charge is 1.93. The summed E-state index contributed by atoms with van der Waals surface area (Å²) in [5, 5.41) is 2.76. The van der Waals surface area contributed by atoms with Crippen molar-refractivity contribution in [2.45, 2.75) is 38.0 Å². The van der Waals surface area contributed by atoms with E-state index in [-0.39, 0.29) is 19.3 Å².